The molecule has 0 aliphatic rings. The lowest BCUT2D eigenvalue weighted by molar-refractivity contribution is -0.138. The Hall–Kier alpha value is -3.03. The van der Waals surface area contributed by atoms with Gasteiger partial charge >= 0.3 is 6.18 Å². The SMILES string of the molecule is COc1cc2cnnc(NCc3cccc(C(F)(F)F)c3C)c2cc1OC. The molecule has 3 aromatic rings. The zero-order valence-corrected chi connectivity index (χ0v) is 15.0. The summed E-state index contributed by atoms with van der Waals surface area (Å²) in [7, 11) is 3.06. The molecule has 27 heavy (non-hydrogen) atoms. The molecule has 0 radical (unpaired) electrons. The van der Waals surface area contributed by atoms with Gasteiger partial charge in [0.15, 0.2) is 17.3 Å². The van der Waals surface area contributed by atoms with Crippen molar-refractivity contribution in [1.29, 1.82) is 0 Å². The number of nitrogens with one attached hydrogen (secondary N) is 1. The number of nitrogens with zero attached hydrogens (tertiary/aromatic N) is 2. The minimum atomic E-state index is -4.39. The lowest BCUT2D eigenvalue weighted by Gasteiger charge is -2.15. The van der Waals surface area contributed by atoms with Crippen LogP contribution in [0, 0.1) is 6.92 Å². The molecule has 0 unspecified atom stereocenters. The quantitative estimate of drug-likeness (QED) is 0.705. The molecule has 0 bridgehead atoms. The van der Waals surface area contributed by atoms with Crippen LogP contribution < -0.4 is 14.8 Å². The van der Waals surface area contributed by atoms with E-state index < -0.39 is 11.7 Å². The minimum Gasteiger partial charge on any atom is -0.493 e. The maximum absolute atomic E-state index is 13.1. The molecular weight excluding hydrogens is 359 g/mol. The highest BCUT2D eigenvalue weighted by molar-refractivity contribution is 5.93. The first kappa shape index (κ1) is 18.8. The molecule has 0 saturated carbocycles. The summed E-state index contributed by atoms with van der Waals surface area (Å²) in [6, 6.07) is 7.65. The van der Waals surface area contributed by atoms with Gasteiger partial charge in [-0.2, -0.15) is 18.3 Å². The fourth-order valence-electron chi connectivity index (χ4n) is 2.90. The summed E-state index contributed by atoms with van der Waals surface area (Å²) in [4.78, 5) is 0. The monoisotopic (exact) mass is 377 g/mol. The molecule has 1 heterocycles. The van der Waals surface area contributed by atoms with E-state index in [2.05, 4.69) is 15.5 Å². The smallest absolute Gasteiger partial charge is 0.416 e. The summed E-state index contributed by atoms with van der Waals surface area (Å²) >= 11 is 0. The average Bonchev–Trinajstić information content (AvgIpc) is 2.65. The summed E-state index contributed by atoms with van der Waals surface area (Å²) in [5, 5.41) is 12.6. The normalized spacial score (nSPS) is 11.5. The van der Waals surface area contributed by atoms with Crippen LogP contribution >= 0.6 is 0 Å². The van der Waals surface area contributed by atoms with Crippen LogP contribution in [0.15, 0.2) is 36.5 Å². The van der Waals surface area contributed by atoms with E-state index in [0.717, 1.165) is 16.8 Å². The Kier molecular flexibility index (Phi) is 5.07. The maximum atomic E-state index is 13.1. The van der Waals surface area contributed by atoms with Crippen LogP contribution in [0.5, 0.6) is 11.5 Å². The van der Waals surface area contributed by atoms with Crippen LogP contribution in [0.4, 0.5) is 19.0 Å². The fourth-order valence-corrected chi connectivity index (χ4v) is 2.90. The van der Waals surface area contributed by atoms with E-state index in [-0.39, 0.29) is 12.1 Å². The second-order valence-corrected chi connectivity index (χ2v) is 5.93. The topological polar surface area (TPSA) is 56.3 Å². The van der Waals surface area contributed by atoms with E-state index in [9.17, 15) is 13.2 Å². The first-order chi connectivity index (χ1) is 12.8. The van der Waals surface area contributed by atoms with Crippen molar-refractivity contribution in [2.75, 3.05) is 19.5 Å². The van der Waals surface area contributed by atoms with Crippen LogP contribution in [-0.2, 0) is 12.7 Å². The molecule has 5 nitrogen and oxygen atoms in total. The van der Waals surface area contributed by atoms with Gasteiger partial charge in [-0.1, -0.05) is 12.1 Å². The van der Waals surface area contributed by atoms with Gasteiger partial charge in [0.2, 0.25) is 0 Å². The van der Waals surface area contributed by atoms with Crippen LogP contribution in [0.1, 0.15) is 16.7 Å². The molecule has 8 heteroatoms. The van der Waals surface area contributed by atoms with Crippen molar-refractivity contribution >= 4 is 16.6 Å². The summed E-state index contributed by atoms with van der Waals surface area (Å²) < 4.78 is 49.8. The summed E-state index contributed by atoms with van der Waals surface area (Å²) in [5.74, 6) is 1.53. The molecule has 3 rings (SSSR count). The van der Waals surface area contributed by atoms with E-state index in [1.807, 2.05) is 0 Å². The van der Waals surface area contributed by atoms with E-state index in [4.69, 9.17) is 9.47 Å². The highest BCUT2D eigenvalue weighted by Gasteiger charge is 2.32. The number of fused-ring (bicyclic) bond motifs is 1. The third-order valence-corrected chi connectivity index (χ3v) is 4.36. The van der Waals surface area contributed by atoms with Crippen molar-refractivity contribution in [2.45, 2.75) is 19.6 Å². The Balaban J connectivity index is 1.94. The van der Waals surface area contributed by atoms with Gasteiger partial charge < -0.3 is 14.8 Å². The predicted octanol–water partition coefficient (Wildman–Crippen LogP) is 4.59. The second kappa shape index (κ2) is 7.30. The number of anilines is 1. The summed E-state index contributed by atoms with van der Waals surface area (Å²) in [6.45, 7) is 1.64. The standard InChI is InChI=1S/C19H18F3N3O2/c1-11-12(5-4-6-15(11)19(20,21)22)9-23-18-14-8-17(27-3)16(26-2)7-13(14)10-24-25-18/h4-8,10H,9H2,1-3H3,(H,23,25). The molecule has 0 aliphatic heterocycles. The van der Waals surface area contributed by atoms with Crippen molar-refractivity contribution in [3.8, 4) is 11.5 Å². The van der Waals surface area contributed by atoms with Crippen molar-refractivity contribution in [2.24, 2.45) is 0 Å². The maximum Gasteiger partial charge on any atom is 0.416 e. The first-order valence-corrected chi connectivity index (χ1v) is 8.12. The number of hydrogen-bond donors (Lipinski definition) is 1. The lowest BCUT2D eigenvalue weighted by Crippen LogP contribution is -2.11. The molecule has 0 aliphatic carbocycles. The third-order valence-electron chi connectivity index (χ3n) is 4.36. The van der Waals surface area contributed by atoms with Crippen LogP contribution in [-0.4, -0.2) is 24.4 Å². The molecule has 1 aromatic heterocycles. The number of ether oxygens (including phenoxy) is 2. The van der Waals surface area contributed by atoms with Gasteiger partial charge in [-0.3, -0.25) is 0 Å². The van der Waals surface area contributed by atoms with Crippen molar-refractivity contribution in [1.82, 2.24) is 10.2 Å². The number of halogens is 3. The number of methoxy groups -OCH3 is 2. The molecule has 0 fully saturated rings. The molecule has 0 atom stereocenters. The van der Waals surface area contributed by atoms with Crippen LogP contribution in [0.25, 0.3) is 10.8 Å². The second-order valence-electron chi connectivity index (χ2n) is 5.93. The lowest BCUT2D eigenvalue weighted by atomic mass is 10.0. The number of aromatic nitrogens is 2. The Morgan fingerprint density at radius 1 is 1.07 bits per heavy atom. The van der Waals surface area contributed by atoms with E-state index in [0.29, 0.717) is 22.9 Å². The molecule has 0 spiro atoms. The third kappa shape index (κ3) is 3.74. The van der Waals surface area contributed by atoms with Crippen LogP contribution in [0.2, 0.25) is 0 Å². The fraction of sp³-hybridized carbons (Fsp3) is 0.263. The van der Waals surface area contributed by atoms with Gasteiger partial charge in [-0.25, -0.2) is 0 Å². The zero-order valence-electron chi connectivity index (χ0n) is 15.0. The van der Waals surface area contributed by atoms with Gasteiger partial charge in [0.1, 0.15) is 0 Å². The van der Waals surface area contributed by atoms with Gasteiger partial charge in [0.25, 0.3) is 0 Å². The summed E-state index contributed by atoms with van der Waals surface area (Å²) in [5.41, 5.74) is 0.0752. The number of alkyl halides is 3. The first-order valence-electron chi connectivity index (χ1n) is 8.12. The average molecular weight is 377 g/mol. The largest absolute Gasteiger partial charge is 0.493 e. The Morgan fingerprint density at radius 2 is 1.78 bits per heavy atom. The number of hydrogen-bond acceptors (Lipinski definition) is 5. The van der Waals surface area contributed by atoms with E-state index in [1.54, 1.807) is 24.4 Å². The van der Waals surface area contributed by atoms with Crippen LogP contribution in [0.3, 0.4) is 0 Å². The molecule has 142 valence electrons. The van der Waals surface area contributed by atoms with E-state index >= 15 is 0 Å². The number of benzene rings is 2. The Morgan fingerprint density at radius 3 is 2.44 bits per heavy atom. The van der Waals surface area contributed by atoms with Crippen molar-refractivity contribution in [3.05, 3.63) is 53.2 Å². The predicted molar refractivity (Wildman–Crippen MR) is 96.1 cm³/mol. The van der Waals surface area contributed by atoms with E-state index in [1.165, 1.54) is 27.2 Å². The van der Waals surface area contributed by atoms with Crippen molar-refractivity contribution in [3.63, 3.8) is 0 Å². The highest BCUT2D eigenvalue weighted by Crippen LogP contribution is 2.35. The Labute approximate surface area is 154 Å². The van der Waals surface area contributed by atoms with Gasteiger partial charge in [0.05, 0.1) is 26.0 Å². The molecule has 1 N–H and O–H groups in total. The van der Waals surface area contributed by atoms with Crippen molar-refractivity contribution < 1.29 is 22.6 Å². The highest BCUT2D eigenvalue weighted by atomic mass is 19.4. The Bertz CT molecular complexity index is 974. The van der Waals surface area contributed by atoms with Gasteiger partial charge in [-0.15, -0.1) is 5.10 Å². The minimum absolute atomic E-state index is 0.178. The zero-order chi connectivity index (χ0) is 19.6. The molecule has 0 amide bonds. The van der Waals surface area contributed by atoms with Gasteiger partial charge in [0, 0.05) is 17.3 Å². The molecule has 0 saturated heterocycles. The summed E-state index contributed by atoms with van der Waals surface area (Å²) in [6.07, 6.45) is -2.80. The molecule has 2 aromatic carbocycles. The van der Waals surface area contributed by atoms with Gasteiger partial charge in [-0.05, 0) is 36.2 Å². The number of rotatable bonds is 5. The molecular formula is C19H18F3N3O2.